The monoisotopic (exact) mass is 450 g/mol. The summed E-state index contributed by atoms with van der Waals surface area (Å²) in [5, 5.41) is 10.8. The van der Waals surface area contributed by atoms with E-state index in [1.165, 1.54) is 0 Å². The van der Waals surface area contributed by atoms with Crippen molar-refractivity contribution in [3.05, 3.63) is 124 Å². The summed E-state index contributed by atoms with van der Waals surface area (Å²) in [6, 6.07) is 31.7. The van der Waals surface area contributed by atoms with E-state index >= 15 is 0 Å². The van der Waals surface area contributed by atoms with E-state index in [-0.39, 0.29) is 11.1 Å². The minimum absolute atomic E-state index is 0.104. The minimum atomic E-state index is -0.490. The molecule has 0 radical (unpaired) electrons. The van der Waals surface area contributed by atoms with Gasteiger partial charge in [-0.15, -0.1) is 0 Å². The molecule has 0 bridgehead atoms. The van der Waals surface area contributed by atoms with Crippen molar-refractivity contribution in [3.8, 4) is 28.6 Å². The summed E-state index contributed by atoms with van der Waals surface area (Å²) in [5.41, 5.74) is 2.52. The third kappa shape index (κ3) is 4.64. The van der Waals surface area contributed by atoms with Crippen molar-refractivity contribution < 1.29 is 19.0 Å². The molecule has 34 heavy (non-hydrogen) atoms. The molecule has 4 aromatic carbocycles. The fraction of sp³-hybridized carbons (Fsp3) is 0.0690. The van der Waals surface area contributed by atoms with Crippen LogP contribution in [0.2, 0.25) is 0 Å². The zero-order valence-corrected chi connectivity index (χ0v) is 18.3. The Morgan fingerprint density at radius 2 is 1.24 bits per heavy atom. The average molecular weight is 450 g/mol. The summed E-state index contributed by atoms with van der Waals surface area (Å²) in [4.78, 5) is 12.8. The van der Waals surface area contributed by atoms with Gasteiger partial charge < -0.3 is 19.0 Å². The smallest absolute Gasteiger partial charge is 0.235 e. The van der Waals surface area contributed by atoms with E-state index in [9.17, 15) is 9.90 Å². The van der Waals surface area contributed by atoms with Crippen molar-refractivity contribution >= 4 is 11.0 Å². The van der Waals surface area contributed by atoms with Gasteiger partial charge >= 0.3 is 0 Å². The molecule has 0 aliphatic rings. The summed E-state index contributed by atoms with van der Waals surface area (Å²) >= 11 is 0. The van der Waals surface area contributed by atoms with Gasteiger partial charge in [-0.3, -0.25) is 4.79 Å². The van der Waals surface area contributed by atoms with Crippen LogP contribution in [-0.2, 0) is 13.2 Å². The number of fused-ring (bicyclic) bond motifs is 1. The van der Waals surface area contributed by atoms with Crippen molar-refractivity contribution in [1.29, 1.82) is 0 Å². The Morgan fingerprint density at radius 3 is 1.85 bits per heavy atom. The topological polar surface area (TPSA) is 68.9 Å². The molecule has 1 N–H and O–H groups in total. The van der Waals surface area contributed by atoms with E-state index in [1.807, 2.05) is 60.7 Å². The van der Waals surface area contributed by atoms with Gasteiger partial charge in [-0.1, -0.05) is 60.7 Å². The molecule has 5 nitrogen and oxygen atoms in total. The summed E-state index contributed by atoms with van der Waals surface area (Å²) in [6.45, 7) is 0.841. The second-order valence-corrected chi connectivity index (χ2v) is 7.84. The molecule has 0 saturated carbocycles. The van der Waals surface area contributed by atoms with E-state index in [1.54, 1.807) is 42.5 Å². The number of rotatable bonds is 7. The zero-order valence-electron chi connectivity index (χ0n) is 18.3. The Hall–Kier alpha value is -4.51. The van der Waals surface area contributed by atoms with E-state index in [4.69, 9.17) is 13.9 Å². The summed E-state index contributed by atoms with van der Waals surface area (Å²) < 4.78 is 17.6. The lowest BCUT2D eigenvalue weighted by atomic mass is 10.1. The minimum Gasteiger partial charge on any atom is -0.502 e. The average Bonchev–Trinajstić information content (AvgIpc) is 2.90. The number of benzene rings is 4. The van der Waals surface area contributed by atoms with Crippen LogP contribution in [0.1, 0.15) is 11.1 Å². The molecule has 168 valence electrons. The predicted molar refractivity (Wildman–Crippen MR) is 131 cm³/mol. The van der Waals surface area contributed by atoms with Crippen molar-refractivity contribution in [2.75, 3.05) is 0 Å². The molecule has 0 aliphatic heterocycles. The molecule has 5 aromatic rings. The van der Waals surface area contributed by atoms with Gasteiger partial charge in [0.15, 0.2) is 5.76 Å². The lowest BCUT2D eigenvalue weighted by molar-refractivity contribution is 0.306. The van der Waals surface area contributed by atoms with Crippen molar-refractivity contribution in [1.82, 2.24) is 0 Å². The number of hydrogen-bond donors (Lipinski definition) is 1. The number of hydrogen-bond acceptors (Lipinski definition) is 5. The predicted octanol–water partition coefficient (Wildman–Crippen LogP) is 6.32. The highest BCUT2D eigenvalue weighted by Crippen LogP contribution is 2.32. The van der Waals surface area contributed by atoms with Crippen LogP contribution in [0.25, 0.3) is 22.3 Å². The Morgan fingerprint density at radius 1 is 0.676 bits per heavy atom. The van der Waals surface area contributed by atoms with Gasteiger partial charge in [0, 0.05) is 11.6 Å². The molecule has 1 heterocycles. The Bertz CT molecular complexity index is 1460. The molecular weight excluding hydrogens is 428 g/mol. The van der Waals surface area contributed by atoms with E-state index in [2.05, 4.69) is 0 Å². The van der Waals surface area contributed by atoms with Crippen LogP contribution < -0.4 is 14.9 Å². The van der Waals surface area contributed by atoms with Gasteiger partial charge in [-0.2, -0.15) is 0 Å². The lowest BCUT2D eigenvalue weighted by Gasteiger charge is -2.10. The first-order valence-corrected chi connectivity index (χ1v) is 10.9. The number of aromatic hydroxyl groups is 1. The van der Waals surface area contributed by atoms with Gasteiger partial charge in [-0.25, -0.2) is 0 Å². The molecule has 5 heteroatoms. The lowest BCUT2D eigenvalue weighted by Crippen LogP contribution is -2.03. The van der Waals surface area contributed by atoms with Crippen molar-refractivity contribution in [3.63, 3.8) is 0 Å². The molecule has 0 fully saturated rings. The first-order valence-electron chi connectivity index (χ1n) is 10.9. The largest absolute Gasteiger partial charge is 0.502 e. The third-order valence-corrected chi connectivity index (χ3v) is 5.45. The molecule has 0 saturated heterocycles. The quantitative estimate of drug-likeness (QED) is 0.314. The molecular formula is C29H22O5. The fourth-order valence-electron chi connectivity index (χ4n) is 3.63. The summed E-state index contributed by atoms with van der Waals surface area (Å²) in [5.74, 6) is 0.920. The molecule has 0 unspecified atom stereocenters. The maximum Gasteiger partial charge on any atom is 0.235 e. The van der Waals surface area contributed by atoms with E-state index < -0.39 is 11.2 Å². The molecule has 0 aliphatic carbocycles. The normalized spacial score (nSPS) is 10.8. The standard InChI is InChI=1S/C29H22O5/c30-27-25-16-15-24(33-19-21-9-5-2-6-10-21)17-26(25)34-29(28(27)31)22-11-13-23(14-12-22)32-18-20-7-3-1-4-8-20/h1-17,31H,18-19H2. The first-order chi connectivity index (χ1) is 16.7. The summed E-state index contributed by atoms with van der Waals surface area (Å²) in [7, 11) is 0. The van der Waals surface area contributed by atoms with Gasteiger partial charge in [-0.05, 0) is 47.5 Å². The van der Waals surface area contributed by atoms with Crippen molar-refractivity contribution in [2.24, 2.45) is 0 Å². The van der Waals surface area contributed by atoms with E-state index in [0.29, 0.717) is 35.9 Å². The number of ether oxygens (including phenoxy) is 2. The second kappa shape index (κ2) is 9.55. The van der Waals surface area contributed by atoms with E-state index in [0.717, 1.165) is 11.1 Å². The highest BCUT2D eigenvalue weighted by molar-refractivity contribution is 5.83. The molecule has 5 rings (SSSR count). The van der Waals surface area contributed by atoms with Crippen molar-refractivity contribution in [2.45, 2.75) is 13.2 Å². The Labute approximate surface area is 196 Å². The third-order valence-electron chi connectivity index (χ3n) is 5.45. The fourth-order valence-corrected chi connectivity index (χ4v) is 3.63. The van der Waals surface area contributed by atoms with Crippen LogP contribution in [0.3, 0.4) is 0 Å². The van der Waals surface area contributed by atoms with Crippen LogP contribution in [0.4, 0.5) is 0 Å². The zero-order chi connectivity index (χ0) is 23.3. The highest BCUT2D eigenvalue weighted by Gasteiger charge is 2.16. The Kier molecular flexibility index (Phi) is 5.99. The van der Waals surface area contributed by atoms with Crippen LogP contribution >= 0.6 is 0 Å². The van der Waals surface area contributed by atoms with Gasteiger partial charge in [0.05, 0.1) is 5.39 Å². The highest BCUT2D eigenvalue weighted by atomic mass is 16.5. The molecule has 0 atom stereocenters. The maximum absolute atomic E-state index is 12.8. The van der Waals surface area contributed by atoms with Gasteiger partial charge in [0.2, 0.25) is 11.2 Å². The maximum atomic E-state index is 12.8. The van der Waals surface area contributed by atoms with Gasteiger partial charge in [0.25, 0.3) is 0 Å². The van der Waals surface area contributed by atoms with Crippen LogP contribution in [-0.4, -0.2) is 5.11 Å². The van der Waals surface area contributed by atoms with Gasteiger partial charge in [0.1, 0.15) is 30.3 Å². The van der Waals surface area contributed by atoms with Crippen LogP contribution in [0.5, 0.6) is 17.2 Å². The second-order valence-electron chi connectivity index (χ2n) is 7.84. The first kappa shape index (κ1) is 21.3. The van der Waals surface area contributed by atoms with Crippen LogP contribution in [0.15, 0.2) is 112 Å². The van der Waals surface area contributed by atoms with Crippen LogP contribution in [0, 0.1) is 0 Å². The SMILES string of the molecule is O=c1c(O)c(-c2ccc(OCc3ccccc3)cc2)oc2cc(OCc3ccccc3)ccc12. The summed E-state index contributed by atoms with van der Waals surface area (Å²) in [6.07, 6.45) is 0. The Balaban J connectivity index is 1.38. The molecule has 0 spiro atoms. The molecule has 1 aromatic heterocycles. The molecule has 0 amide bonds.